The number of hydrogen-bond donors (Lipinski definition) is 0. The molecule has 0 spiro atoms. The summed E-state index contributed by atoms with van der Waals surface area (Å²) in [6.45, 7) is 4.41. The minimum atomic E-state index is -1.96. The van der Waals surface area contributed by atoms with Crippen molar-refractivity contribution in [1.29, 1.82) is 0 Å². The molecule has 0 saturated heterocycles. The van der Waals surface area contributed by atoms with Crippen LogP contribution in [0.25, 0.3) is 0 Å². The fourth-order valence-electron chi connectivity index (χ4n) is 3.11. The molecule has 5 heteroatoms. The van der Waals surface area contributed by atoms with Crippen LogP contribution in [0, 0.1) is 11.8 Å². The third-order valence-corrected chi connectivity index (χ3v) is 4.62. The van der Waals surface area contributed by atoms with Gasteiger partial charge in [0.1, 0.15) is 6.10 Å². The van der Waals surface area contributed by atoms with Gasteiger partial charge in [-0.15, -0.1) is 0 Å². The first kappa shape index (κ1) is 18.4. The van der Waals surface area contributed by atoms with Gasteiger partial charge < -0.3 is 4.74 Å². The molecule has 0 aliphatic heterocycles. The topological polar surface area (TPSA) is 26.3 Å². The SMILES string of the molecule is CCCCC1CC(OC(=O)C(Cl)(Cl)Cl)CC1CCCC. The van der Waals surface area contributed by atoms with Crippen molar-refractivity contribution >= 4 is 40.8 Å². The van der Waals surface area contributed by atoms with Gasteiger partial charge in [-0.3, -0.25) is 0 Å². The van der Waals surface area contributed by atoms with Crippen LogP contribution in [0.5, 0.6) is 0 Å². The Morgan fingerprint density at radius 2 is 1.50 bits per heavy atom. The van der Waals surface area contributed by atoms with Crippen molar-refractivity contribution in [2.24, 2.45) is 11.8 Å². The van der Waals surface area contributed by atoms with E-state index >= 15 is 0 Å². The summed E-state index contributed by atoms with van der Waals surface area (Å²) in [6, 6.07) is 0. The zero-order valence-corrected chi connectivity index (χ0v) is 14.6. The van der Waals surface area contributed by atoms with E-state index in [2.05, 4.69) is 13.8 Å². The largest absolute Gasteiger partial charge is 0.459 e. The van der Waals surface area contributed by atoms with Crippen LogP contribution in [0.1, 0.15) is 65.2 Å². The maximum atomic E-state index is 11.6. The molecule has 1 fully saturated rings. The minimum absolute atomic E-state index is 0.0816. The molecular formula is C15H25Cl3O2. The number of hydrogen-bond acceptors (Lipinski definition) is 2. The zero-order chi connectivity index (χ0) is 15.2. The van der Waals surface area contributed by atoms with Gasteiger partial charge in [-0.25, -0.2) is 4.79 Å². The number of halogens is 3. The highest BCUT2D eigenvalue weighted by molar-refractivity contribution is 6.75. The Morgan fingerprint density at radius 3 is 1.85 bits per heavy atom. The number of unbranched alkanes of at least 4 members (excludes halogenated alkanes) is 2. The number of ether oxygens (including phenoxy) is 1. The average molecular weight is 344 g/mol. The first-order valence-electron chi connectivity index (χ1n) is 7.66. The maximum absolute atomic E-state index is 11.6. The quantitative estimate of drug-likeness (QED) is 0.439. The van der Waals surface area contributed by atoms with Crippen molar-refractivity contribution in [3.05, 3.63) is 0 Å². The van der Waals surface area contributed by atoms with E-state index in [9.17, 15) is 4.79 Å². The number of carbonyl (C=O) groups excluding carboxylic acids is 1. The molecule has 0 aromatic rings. The van der Waals surface area contributed by atoms with Crippen molar-refractivity contribution in [3.8, 4) is 0 Å². The van der Waals surface area contributed by atoms with E-state index < -0.39 is 9.76 Å². The third-order valence-electron chi connectivity index (χ3n) is 4.16. The van der Waals surface area contributed by atoms with Crippen LogP contribution in [-0.4, -0.2) is 15.9 Å². The molecule has 2 atom stereocenters. The van der Waals surface area contributed by atoms with Gasteiger partial charge in [0, 0.05) is 0 Å². The fourth-order valence-corrected chi connectivity index (χ4v) is 3.24. The second-order valence-corrected chi connectivity index (χ2v) is 8.08. The van der Waals surface area contributed by atoms with Crippen LogP contribution >= 0.6 is 34.8 Å². The molecule has 0 aromatic heterocycles. The summed E-state index contributed by atoms with van der Waals surface area (Å²) in [6.07, 6.45) is 9.06. The molecular weight excluding hydrogens is 319 g/mol. The van der Waals surface area contributed by atoms with E-state index in [4.69, 9.17) is 39.5 Å². The molecule has 1 aliphatic rings. The molecule has 118 valence electrons. The van der Waals surface area contributed by atoms with E-state index in [1.807, 2.05) is 0 Å². The minimum Gasteiger partial charge on any atom is -0.459 e. The molecule has 0 radical (unpaired) electrons. The summed E-state index contributed by atoms with van der Waals surface area (Å²) < 4.78 is 3.40. The van der Waals surface area contributed by atoms with Crippen molar-refractivity contribution < 1.29 is 9.53 Å². The fraction of sp³-hybridized carbons (Fsp3) is 0.933. The van der Waals surface area contributed by atoms with Crippen molar-refractivity contribution in [1.82, 2.24) is 0 Å². The zero-order valence-electron chi connectivity index (χ0n) is 12.3. The van der Waals surface area contributed by atoms with Gasteiger partial charge in [0.05, 0.1) is 0 Å². The van der Waals surface area contributed by atoms with Crippen LogP contribution in [-0.2, 0) is 9.53 Å². The lowest BCUT2D eigenvalue weighted by Crippen LogP contribution is -2.26. The van der Waals surface area contributed by atoms with Gasteiger partial charge >= 0.3 is 5.97 Å². The van der Waals surface area contributed by atoms with Gasteiger partial charge in [-0.2, -0.15) is 0 Å². The standard InChI is InChI=1S/C15H25Cl3O2/c1-3-5-7-11-9-13(10-12(11)8-6-4-2)20-14(19)15(16,17)18/h11-13H,3-10H2,1-2H3. The molecule has 20 heavy (non-hydrogen) atoms. The Morgan fingerprint density at radius 1 is 1.05 bits per heavy atom. The lowest BCUT2D eigenvalue weighted by molar-refractivity contribution is -0.147. The second kappa shape index (κ2) is 8.70. The molecule has 0 bridgehead atoms. The Bertz CT molecular complexity index is 286. The first-order valence-corrected chi connectivity index (χ1v) is 8.79. The maximum Gasteiger partial charge on any atom is 0.358 e. The number of esters is 1. The van der Waals surface area contributed by atoms with Crippen molar-refractivity contribution in [2.45, 2.75) is 75.1 Å². The Labute approximate surface area is 137 Å². The summed E-state index contributed by atoms with van der Waals surface area (Å²) >= 11 is 16.7. The molecule has 1 saturated carbocycles. The molecule has 0 heterocycles. The van der Waals surface area contributed by atoms with Crippen LogP contribution in [0.2, 0.25) is 0 Å². The van der Waals surface area contributed by atoms with Gasteiger partial charge in [0.15, 0.2) is 0 Å². The summed E-state index contributed by atoms with van der Waals surface area (Å²) in [7, 11) is 0. The molecule has 0 amide bonds. The highest BCUT2D eigenvalue weighted by Gasteiger charge is 2.39. The number of rotatable bonds is 7. The lowest BCUT2D eigenvalue weighted by Gasteiger charge is -2.18. The normalized spacial score (nSPS) is 26.8. The highest BCUT2D eigenvalue weighted by Crippen LogP contribution is 2.41. The van der Waals surface area contributed by atoms with Gasteiger partial charge in [-0.05, 0) is 24.7 Å². The smallest absolute Gasteiger partial charge is 0.358 e. The van der Waals surface area contributed by atoms with E-state index in [1.165, 1.54) is 38.5 Å². The summed E-state index contributed by atoms with van der Waals surface area (Å²) in [5.74, 6) is 0.558. The van der Waals surface area contributed by atoms with Gasteiger partial charge in [0.25, 0.3) is 3.79 Å². The third kappa shape index (κ3) is 5.99. The molecule has 2 nitrogen and oxygen atoms in total. The summed E-state index contributed by atoms with van der Waals surface area (Å²) in [5.41, 5.74) is 0. The van der Waals surface area contributed by atoms with Crippen LogP contribution < -0.4 is 0 Å². The van der Waals surface area contributed by atoms with Crippen molar-refractivity contribution in [2.75, 3.05) is 0 Å². The lowest BCUT2D eigenvalue weighted by atomic mass is 9.87. The van der Waals surface area contributed by atoms with Crippen molar-refractivity contribution in [3.63, 3.8) is 0 Å². The van der Waals surface area contributed by atoms with E-state index in [0.717, 1.165) is 12.8 Å². The number of alkyl halides is 3. The summed E-state index contributed by atoms with van der Waals surface area (Å²) in [5, 5.41) is 0. The monoisotopic (exact) mass is 342 g/mol. The molecule has 1 rings (SSSR count). The number of carbonyl (C=O) groups is 1. The van der Waals surface area contributed by atoms with E-state index in [0.29, 0.717) is 11.8 Å². The second-order valence-electron chi connectivity index (χ2n) is 5.80. The first-order chi connectivity index (χ1) is 9.38. The average Bonchev–Trinajstić information content (AvgIpc) is 2.74. The van der Waals surface area contributed by atoms with E-state index in [-0.39, 0.29) is 6.10 Å². The predicted molar refractivity (Wildman–Crippen MR) is 85.4 cm³/mol. The van der Waals surface area contributed by atoms with Gasteiger partial charge in [0.2, 0.25) is 0 Å². The predicted octanol–water partition coefficient (Wildman–Crippen LogP) is 5.68. The van der Waals surface area contributed by atoms with E-state index in [1.54, 1.807) is 0 Å². The van der Waals surface area contributed by atoms with Crippen LogP contribution in [0.4, 0.5) is 0 Å². The van der Waals surface area contributed by atoms with Gasteiger partial charge in [-0.1, -0.05) is 87.2 Å². The highest BCUT2D eigenvalue weighted by atomic mass is 35.6. The van der Waals surface area contributed by atoms with Crippen LogP contribution in [0.15, 0.2) is 0 Å². The molecule has 2 unspecified atom stereocenters. The van der Waals surface area contributed by atoms with Crippen LogP contribution in [0.3, 0.4) is 0 Å². The molecule has 0 aromatic carbocycles. The Hall–Kier alpha value is 0.340. The summed E-state index contributed by atoms with van der Waals surface area (Å²) in [4.78, 5) is 11.6. The molecule has 0 N–H and O–H groups in total. The Balaban J connectivity index is 2.52. The molecule has 1 aliphatic carbocycles. The Kier molecular flexibility index (Phi) is 8.00.